The minimum Gasteiger partial charge on any atom is -0.463 e. The third kappa shape index (κ3) is 5.37. The summed E-state index contributed by atoms with van der Waals surface area (Å²) in [7, 11) is -0.246. The Balaban J connectivity index is 2.75. The second-order valence-electron chi connectivity index (χ2n) is 7.41. The molecule has 0 unspecified atom stereocenters. The van der Waals surface area contributed by atoms with Gasteiger partial charge in [-0.3, -0.25) is 9.59 Å². The maximum absolute atomic E-state index is 11.4. The van der Waals surface area contributed by atoms with E-state index in [1.54, 1.807) is 12.1 Å². The number of nitrogens with zero attached hydrogens (tertiary/aromatic N) is 1. The molecule has 1 saturated heterocycles. The summed E-state index contributed by atoms with van der Waals surface area (Å²) in [5, 5.41) is 1.63. The molecule has 0 aromatic carbocycles. The summed E-state index contributed by atoms with van der Waals surface area (Å²) in [4.78, 5) is 27.5. The molecule has 0 spiro atoms. The van der Waals surface area contributed by atoms with Crippen molar-refractivity contribution in [1.82, 2.24) is 5.06 Å². The molecule has 1 fully saturated rings. The van der Waals surface area contributed by atoms with Crippen LogP contribution in [0.2, 0.25) is 18.1 Å². The molecule has 1 rings (SSSR count). The van der Waals surface area contributed by atoms with Crippen LogP contribution in [0.1, 0.15) is 40.5 Å². The zero-order chi connectivity index (χ0) is 17.1. The first kappa shape index (κ1) is 19.1. The number of carbonyl (C=O) groups excluding carboxylic acids is 2. The van der Waals surface area contributed by atoms with E-state index in [0.29, 0.717) is 12.8 Å². The Morgan fingerprint density at radius 2 is 2.05 bits per heavy atom. The Hall–Kier alpha value is -0.923. The lowest BCUT2D eigenvalue weighted by Gasteiger charge is -2.39. The van der Waals surface area contributed by atoms with Crippen LogP contribution in [0.4, 0.5) is 0 Å². The van der Waals surface area contributed by atoms with Crippen molar-refractivity contribution in [3.63, 3.8) is 0 Å². The largest absolute Gasteiger partial charge is 0.463 e. The zero-order valence-corrected chi connectivity index (χ0v) is 15.8. The van der Waals surface area contributed by atoms with Crippen molar-refractivity contribution in [2.24, 2.45) is 0 Å². The van der Waals surface area contributed by atoms with E-state index in [2.05, 4.69) is 33.9 Å². The predicted molar refractivity (Wildman–Crippen MR) is 85.6 cm³/mol. The van der Waals surface area contributed by atoms with Gasteiger partial charge in [0.1, 0.15) is 6.61 Å². The maximum atomic E-state index is 11.4. The highest BCUT2D eigenvalue weighted by molar-refractivity contribution is 6.74. The highest BCUT2D eigenvalue weighted by Crippen LogP contribution is 2.38. The van der Waals surface area contributed by atoms with Gasteiger partial charge in [0.2, 0.25) is 0 Å². The van der Waals surface area contributed by atoms with Crippen molar-refractivity contribution in [3.8, 4) is 0 Å². The fraction of sp³-hybridized carbons (Fsp3) is 0.867. The summed E-state index contributed by atoms with van der Waals surface area (Å²) in [5.41, 5.74) is 0. The molecule has 1 aliphatic heterocycles. The molecule has 0 N–H and O–H groups in total. The van der Waals surface area contributed by atoms with Gasteiger partial charge in [-0.25, -0.2) is 0 Å². The molecule has 22 heavy (non-hydrogen) atoms. The number of hydrogen-bond donors (Lipinski definition) is 0. The quantitative estimate of drug-likeness (QED) is 0.550. The average Bonchev–Trinajstić information content (AvgIpc) is 2.63. The van der Waals surface area contributed by atoms with E-state index >= 15 is 0 Å². The first-order valence-electron chi connectivity index (χ1n) is 7.67. The number of hydrogen-bond acceptors (Lipinski definition) is 6. The number of carbonyl (C=O) groups is 2. The summed E-state index contributed by atoms with van der Waals surface area (Å²) < 4.78 is 11.5. The topological polar surface area (TPSA) is 65.1 Å². The van der Waals surface area contributed by atoms with Crippen LogP contribution >= 0.6 is 0 Å². The van der Waals surface area contributed by atoms with Gasteiger partial charge in [0.05, 0.1) is 18.6 Å². The van der Waals surface area contributed by atoms with Crippen molar-refractivity contribution >= 4 is 20.3 Å². The monoisotopic (exact) mass is 331 g/mol. The van der Waals surface area contributed by atoms with Gasteiger partial charge >= 0.3 is 11.9 Å². The Kier molecular flexibility index (Phi) is 6.17. The standard InChI is InChI=1S/C15H29NO5Si/c1-11(17)19-10-13(21-22(6,7)15(2,3)4)8-12-9-14(18)20-16(12)5/h12-13H,8-10H2,1-7H3/t12-,13+/m1/s1. The molecule has 2 atom stereocenters. The van der Waals surface area contributed by atoms with Crippen LogP contribution in [0.5, 0.6) is 0 Å². The summed E-state index contributed by atoms with van der Waals surface area (Å²) in [6, 6.07) is -0.0437. The summed E-state index contributed by atoms with van der Waals surface area (Å²) >= 11 is 0. The Labute approximate surface area is 134 Å². The first-order chi connectivity index (χ1) is 9.92. The molecule has 0 aliphatic carbocycles. The molecule has 0 radical (unpaired) electrons. The van der Waals surface area contributed by atoms with Crippen LogP contribution in [-0.4, -0.2) is 51.1 Å². The van der Waals surface area contributed by atoms with E-state index in [1.165, 1.54) is 6.92 Å². The lowest BCUT2D eigenvalue weighted by atomic mass is 10.1. The van der Waals surface area contributed by atoms with Crippen molar-refractivity contribution in [3.05, 3.63) is 0 Å². The Morgan fingerprint density at radius 3 is 2.45 bits per heavy atom. The van der Waals surface area contributed by atoms with Gasteiger partial charge in [0, 0.05) is 14.0 Å². The average molecular weight is 331 g/mol. The smallest absolute Gasteiger partial charge is 0.326 e. The van der Waals surface area contributed by atoms with Crippen molar-refractivity contribution < 1.29 is 23.6 Å². The van der Waals surface area contributed by atoms with E-state index in [9.17, 15) is 9.59 Å². The second kappa shape index (κ2) is 7.10. The van der Waals surface area contributed by atoms with E-state index in [-0.39, 0.29) is 35.7 Å². The van der Waals surface area contributed by atoms with E-state index in [4.69, 9.17) is 14.0 Å². The third-order valence-corrected chi connectivity index (χ3v) is 8.97. The highest BCUT2D eigenvalue weighted by Gasteiger charge is 2.41. The molecule has 0 saturated carbocycles. The van der Waals surface area contributed by atoms with Crippen LogP contribution in [-0.2, 0) is 23.6 Å². The lowest BCUT2D eigenvalue weighted by molar-refractivity contribution is -0.169. The Bertz CT molecular complexity index is 419. The van der Waals surface area contributed by atoms with Crippen LogP contribution in [0.15, 0.2) is 0 Å². The SMILES string of the molecule is CC(=O)OC[C@H](C[C@@H]1CC(=O)ON1C)O[Si](C)(C)C(C)(C)C. The number of hydroxylamine groups is 2. The van der Waals surface area contributed by atoms with Gasteiger partial charge in [0.15, 0.2) is 8.32 Å². The van der Waals surface area contributed by atoms with Crippen molar-refractivity contribution in [1.29, 1.82) is 0 Å². The van der Waals surface area contributed by atoms with Crippen molar-refractivity contribution in [2.75, 3.05) is 13.7 Å². The number of ether oxygens (including phenoxy) is 1. The fourth-order valence-corrected chi connectivity index (χ4v) is 3.43. The molecule has 0 amide bonds. The van der Waals surface area contributed by atoms with Gasteiger partial charge < -0.3 is 14.0 Å². The van der Waals surface area contributed by atoms with Crippen LogP contribution in [0.3, 0.4) is 0 Å². The molecule has 0 aromatic heterocycles. The third-order valence-electron chi connectivity index (χ3n) is 4.44. The van der Waals surface area contributed by atoms with Gasteiger partial charge in [0.25, 0.3) is 0 Å². The van der Waals surface area contributed by atoms with Gasteiger partial charge in [-0.15, -0.1) is 5.06 Å². The molecule has 0 bridgehead atoms. The summed E-state index contributed by atoms with van der Waals surface area (Å²) in [6.07, 6.45) is 0.711. The summed E-state index contributed by atoms with van der Waals surface area (Å²) in [6.45, 7) is 12.4. The van der Waals surface area contributed by atoms with Crippen LogP contribution in [0, 0.1) is 0 Å². The first-order valence-corrected chi connectivity index (χ1v) is 10.6. The zero-order valence-electron chi connectivity index (χ0n) is 14.8. The fourth-order valence-electron chi connectivity index (χ4n) is 2.08. The molecule has 6 nitrogen and oxygen atoms in total. The lowest BCUT2D eigenvalue weighted by Crippen LogP contribution is -2.46. The molecule has 0 aromatic rings. The molecule has 7 heteroatoms. The molecular weight excluding hydrogens is 302 g/mol. The molecular formula is C15H29NO5Si. The summed E-state index contributed by atoms with van der Waals surface area (Å²) in [5.74, 6) is -0.554. The van der Waals surface area contributed by atoms with Crippen molar-refractivity contribution in [2.45, 2.75) is 70.8 Å². The molecule has 1 heterocycles. The van der Waals surface area contributed by atoms with Gasteiger partial charge in [-0.1, -0.05) is 20.8 Å². The second-order valence-corrected chi connectivity index (χ2v) is 12.2. The van der Waals surface area contributed by atoms with Crippen LogP contribution < -0.4 is 0 Å². The van der Waals surface area contributed by atoms with Gasteiger partial charge in [-0.2, -0.15) is 0 Å². The minimum absolute atomic E-state index is 0.0437. The highest BCUT2D eigenvalue weighted by atomic mass is 28.4. The van der Waals surface area contributed by atoms with E-state index in [0.717, 1.165) is 0 Å². The number of esters is 1. The van der Waals surface area contributed by atoms with Gasteiger partial charge in [-0.05, 0) is 24.6 Å². The van der Waals surface area contributed by atoms with Crippen LogP contribution in [0.25, 0.3) is 0 Å². The molecule has 1 aliphatic rings. The number of rotatable bonds is 6. The van der Waals surface area contributed by atoms with E-state index < -0.39 is 8.32 Å². The minimum atomic E-state index is -1.99. The van der Waals surface area contributed by atoms with E-state index in [1.807, 2.05) is 0 Å². The maximum Gasteiger partial charge on any atom is 0.326 e. The molecule has 128 valence electrons. The Morgan fingerprint density at radius 1 is 1.45 bits per heavy atom. The normalized spacial score (nSPS) is 21.6. The predicted octanol–water partition coefficient (Wildman–Crippen LogP) is 2.49.